The van der Waals surface area contributed by atoms with Gasteiger partial charge in [-0.25, -0.2) is 4.39 Å². The Hall–Kier alpha value is -2.88. The van der Waals surface area contributed by atoms with Gasteiger partial charge in [-0.2, -0.15) is 5.10 Å². The predicted octanol–water partition coefficient (Wildman–Crippen LogP) is 3.82. The summed E-state index contributed by atoms with van der Waals surface area (Å²) in [6.07, 6.45) is -0.640. The van der Waals surface area contributed by atoms with Crippen molar-refractivity contribution < 1.29 is 18.3 Å². The van der Waals surface area contributed by atoms with Gasteiger partial charge in [0, 0.05) is 7.05 Å². The highest BCUT2D eigenvalue weighted by Gasteiger charge is 2.23. The van der Waals surface area contributed by atoms with Crippen molar-refractivity contribution in [2.75, 3.05) is 5.32 Å². The van der Waals surface area contributed by atoms with Crippen molar-refractivity contribution in [2.24, 2.45) is 7.05 Å². The molecule has 2 atom stereocenters. The van der Waals surface area contributed by atoms with Crippen LogP contribution in [0.15, 0.2) is 33.9 Å². The Balaban J connectivity index is 1.61. The van der Waals surface area contributed by atoms with Gasteiger partial charge < -0.3 is 14.5 Å². The van der Waals surface area contributed by atoms with Crippen molar-refractivity contribution in [3.63, 3.8) is 0 Å². The second kappa shape index (κ2) is 8.64. The first-order valence-electron chi connectivity index (χ1n) is 8.98. The number of carbonyl (C=O) groups is 1. The first kappa shape index (κ1) is 20.8. The highest BCUT2D eigenvalue weighted by Crippen LogP contribution is 2.28. The van der Waals surface area contributed by atoms with E-state index < -0.39 is 17.2 Å². The molecule has 2 aromatic heterocycles. The first-order chi connectivity index (χ1) is 13.8. The van der Waals surface area contributed by atoms with Gasteiger partial charge in [0.15, 0.2) is 17.7 Å². The number of hydrogen-bond acceptors (Lipinski definition) is 7. The van der Waals surface area contributed by atoms with Crippen LogP contribution >= 0.6 is 11.8 Å². The summed E-state index contributed by atoms with van der Waals surface area (Å²) < 4.78 is 26.5. The molecule has 0 spiro atoms. The molecular weight excluding hydrogens is 397 g/mol. The number of ether oxygens (including phenoxy) is 1. The van der Waals surface area contributed by atoms with Gasteiger partial charge in [-0.15, -0.1) is 10.2 Å². The Morgan fingerprint density at radius 2 is 2.00 bits per heavy atom. The molecule has 0 radical (unpaired) electrons. The minimum Gasteiger partial charge on any atom is -0.478 e. The lowest BCUT2D eigenvalue weighted by atomic mass is 10.3. The molecule has 1 N–H and O–H groups in total. The number of benzene rings is 1. The molecule has 0 aliphatic carbocycles. The van der Waals surface area contributed by atoms with Gasteiger partial charge in [-0.05, 0) is 39.8 Å². The van der Waals surface area contributed by atoms with Crippen molar-refractivity contribution in [1.82, 2.24) is 20.0 Å². The van der Waals surface area contributed by atoms with E-state index in [-0.39, 0.29) is 22.8 Å². The number of hydrogen-bond donors (Lipinski definition) is 1. The zero-order valence-corrected chi connectivity index (χ0v) is 17.6. The van der Waals surface area contributed by atoms with E-state index in [1.54, 1.807) is 30.7 Å². The van der Waals surface area contributed by atoms with Crippen molar-refractivity contribution in [2.45, 2.75) is 44.3 Å². The molecule has 0 aliphatic heterocycles. The van der Waals surface area contributed by atoms with E-state index in [1.807, 2.05) is 20.9 Å². The number of thioether (sulfide) groups is 1. The second-order valence-corrected chi connectivity index (χ2v) is 7.81. The molecule has 154 valence electrons. The fraction of sp³-hybridized carbons (Fsp3) is 0.368. The number of nitrogens with one attached hydrogen (secondary N) is 1. The van der Waals surface area contributed by atoms with Gasteiger partial charge in [0.05, 0.1) is 22.3 Å². The zero-order valence-electron chi connectivity index (χ0n) is 16.8. The van der Waals surface area contributed by atoms with Crippen LogP contribution in [0.3, 0.4) is 0 Å². The number of carbonyl (C=O) groups excluding carboxylic acids is 1. The topological polar surface area (TPSA) is 95.1 Å². The van der Waals surface area contributed by atoms with Crippen LogP contribution in [-0.4, -0.2) is 31.1 Å². The largest absolute Gasteiger partial charge is 0.478 e. The molecule has 0 saturated heterocycles. The smallest absolute Gasteiger partial charge is 0.277 e. The van der Waals surface area contributed by atoms with Crippen LogP contribution < -0.4 is 10.1 Å². The molecule has 3 aromatic rings. The summed E-state index contributed by atoms with van der Waals surface area (Å²) in [5.74, 6) is -0.381. The van der Waals surface area contributed by atoms with Crippen LogP contribution in [-0.2, 0) is 11.8 Å². The van der Waals surface area contributed by atoms with E-state index in [4.69, 9.17) is 9.15 Å². The van der Waals surface area contributed by atoms with Crippen molar-refractivity contribution in [3.05, 3.63) is 47.4 Å². The number of para-hydroxylation sites is 1. The fourth-order valence-electron chi connectivity index (χ4n) is 2.60. The first-order valence-corrected chi connectivity index (χ1v) is 9.86. The highest BCUT2D eigenvalue weighted by atomic mass is 32.2. The average Bonchev–Trinajstić information content (AvgIpc) is 3.23. The van der Waals surface area contributed by atoms with E-state index >= 15 is 0 Å². The number of rotatable bonds is 7. The molecule has 3 rings (SSSR count). The Labute approximate surface area is 171 Å². The Morgan fingerprint density at radius 1 is 1.28 bits per heavy atom. The Morgan fingerprint density at radius 3 is 2.66 bits per heavy atom. The number of aromatic nitrogens is 4. The maximum absolute atomic E-state index is 13.7. The van der Waals surface area contributed by atoms with Crippen LogP contribution in [0.4, 0.5) is 10.1 Å². The third-order valence-corrected chi connectivity index (χ3v) is 5.25. The molecule has 0 aliphatic rings. The average molecular weight is 419 g/mol. The SMILES string of the molecule is Cc1nn(C)c(C)c1NC(=O)[C@@H](C)Sc1nnc([C@H](C)Oc2ccccc2F)o1. The zero-order chi connectivity index (χ0) is 21.1. The summed E-state index contributed by atoms with van der Waals surface area (Å²) in [5, 5.41) is 14.8. The molecule has 0 unspecified atom stereocenters. The third-order valence-electron chi connectivity index (χ3n) is 4.31. The second-order valence-electron chi connectivity index (χ2n) is 6.52. The van der Waals surface area contributed by atoms with Gasteiger partial charge in [0.25, 0.3) is 11.1 Å². The van der Waals surface area contributed by atoms with Gasteiger partial charge in [-0.1, -0.05) is 23.9 Å². The number of amides is 1. The van der Waals surface area contributed by atoms with Crippen molar-refractivity contribution >= 4 is 23.4 Å². The number of aryl methyl sites for hydroxylation is 2. The van der Waals surface area contributed by atoms with E-state index in [0.29, 0.717) is 5.69 Å². The van der Waals surface area contributed by atoms with Crippen LogP contribution in [0.2, 0.25) is 0 Å². The molecule has 2 heterocycles. The molecule has 0 saturated carbocycles. The monoisotopic (exact) mass is 419 g/mol. The normalized spacial score (nSPS) is 13.2. The molecular formula is C19H22FN5O3S. The molecule has 10 heteroatoms. The third kappa shape index (κ3) is 4.76. The van der Waals surface area contributed by atoms with Gasteiger partial charge in [-0.3, -0.25) is 9.48 Å². The lowest BCUT2D eigenvalue weighted by Crippen LogP contribution is -2.23. The highest BCUT2D eigenvalue weighted by molar-refractivity contribution is 8.00. The Bertz CT molecular complexity index is 1020. The minimum absolute atomic E-state index is 0.0994. The molecule has 1 amide bonds. The van der Waals surface area contributed by atoms with Crippen molar-refractivity contribution in [1.29, 1.82) is 0 Å². The quantitative estimate of drug-likeness (QED) is 0.582. The van der Waals surface area contributed by atoms with Gasteiger partial charge in [0.1, 0.15) is 0 Å². The fourth-order valence-corrected chi connectivity index (χ4v) is 3.29. The van der Waals surface area contributed by atoms with Crippen LogP contribution in [0.5, 0.6) is 5.75 Å². The summed E-state index contributed by atoms with van der Waals surface area (Å²) >= 11 is 1.13. The molecule has 1 aromatic carbocycles. The van der Waals surface area contributed by atoms with E-state index in [0.717, 1.165) is 23.1 Å². The van der Waals surface area contributed by atoms with Gasteiger partial charge >= 0.3 is 0 Å². The van der Waals surface area contributed by atoms with Crippen LogP contribution in [0, 0.1) is 19.7 Å². The summed E-state index contributed by atoms with van der Waals surface area (Å²) in [7, 11) is 1.82. The molecule has 29 heavy (non-hydrogen) atoms. The van der Waals surface area contributed by atoms with Crippen LogP contribution in [0.25, 0.3) is 0 Å². The summed E-state index contributed by atoms with van der Waals surface area (Å²) in [6, 6.07) is 6.08. The molecule has 0 bridgehead atoms. The standard InChI is InChI=1S/C19H22FN5O3S/c1-10-16(11(2)25(5)24-10)21-17(26)13(4)29-19-23-22-18(28-19)12(3)27-15-9-7-6-8-14(15)20/h6-9,12-13H,1-5H3,(H,21,26)/t12-,13+/m0/s1. The lowest BCUT2D eigenvalue weighted by molar-refractivity contribution is -0.115. The van der Waals surface area contributed by atoms with E-state index in [2.05, 4.69) is 20.6 Å². The summed E-state index contributed by atoms with van der Waals surface area (Å²) in [6.45, 7) is 7.14. The van der Waals surface area contributed by atoms with Crippen LogP contribution in [0.1, 0.15) is 37.2 Å². The van der Waals surface area contributed by atoms with Crippen molar-refractivity contribution in [3.8, 4) is 5.75 Å². The molecule has 0 fully saturated rings. The summed E-state index contributed by atoms with van der Waals surface area (Å²) in [4.78, 5) is 12.5. The minimum atomic E-state index is -0.640. The van der Waals surface area contributed by atoms with Gasteiger partial charge in [0.2, 0.25) is 5.91 Å². The Kier molecular flexibility index (Phi) is 6.21. The predicted molar refractivity (Wildman–Crippen MR) is 106 cm³/mol. The van der Waals surface area contributed by atoms with E-state index in [9.17, 15) is 9.18 Å². The number of anilines is 1. The van der Waals surface area contributed by atoms with E-state index in [1.165, 1.54) is 12.1 Å². The molecule has 8 nitrogen and oxygen atoms in total. The summed E-state index contributed by atoms with van der Waals surface area (Å²) in [5.41, 5.74) is 2.31. The number of halogens is 1. The lowest BCUT2D eigenvalue weighted by Gasteiger charge is -2.11. The maximum Gasteiger partial charge on any atom is 0.277 e. The maximum atomic E-state index is 13.7. The number of nitrogens with zero attached hydrogens (tertiary/aromatic N) is 4.